The smallest absolute Gasteiger partial charge is 0.237 e. The molecule has 0 unspecified atom stereocenters. The molecular weight excluding hydrogens is 180 g/mol. The number of carbonyl (C=O) groups excluding carboxylic acids is 1. The molecule has 4 nitrogen and oxygen atoms in total. The van der Waals surface area contributed by atoms with Gasteiger partial charge >= 0.3 is 0 Å². The van der Waals surface area contributed by atoms with E-state index in [1.807, 2.05) is 20.8 Å². The van der Waals surface area contributed by atoms with Crippen LogP contribution in [0, 0.1) is 0 Å². The largest absolute Gasteiger partial charge is 0.380 e. The fourth-order valence-electron chi connectivity index (χ4n) is 1.54. The van der Waals surface area contributed by atoms with Crippen LogP contribution in [-0.4, -0.2) is 37.2 Å². The Morgan fingerprint density at radius 1 is 1.50 bits per heavy atom. The van der Waals surface area contributed by atoms with E-state index >= 15 is 0 Å². The summed E-state index contributed by atoms with van der Waals surface area (Å²) in [4.78, 5) is 11.7. The lowest BCUT2D eigenvalue weighted by Gasteiger charge is -2.23. The lowest BCUT2D eigenvalue weighted by Crippen LogP contribution is -2.48. The average Bonchev–Trinajstić information content (AvgIpc) is 2.48. The molecule has 82 valence electrons. The Morgan fingerprint density at radius 2 is 2.14 bits per heavy atom. The summed E-state index contributed by atoms with van der Waals surface area (Å²) in [6.07, 6.45) is 0.934. The monoisotopic (exact) mass is 200 g/mol. The number of hydrogen-bond acceptors (Lipinski definition) is 3. The molecule has 0 radical (unpaired) electrons. The van der Waals surface area contributed by atoms with Gasteiger partial charge < -0.3 is 15.4 Å². The summed E-state index contributed by atoms with van der Waals surface area (Å²) in [5, 5.41) is 6.09. The molecule has 0 aliphatic carbocycles. The zero-order valence-electron chi connectivity index (χ0n) is 9.39. The summed E-state index contributed by atoms with van der Waals surface area (Å²) in [5.41, 5.74) is -0.163. The van der Waals surface area contributed by atoms with E-state index in [1.54, 1.807) is 7.11 Å². The minimum absolute atomic E-state index is 0.0667. The molecule has 1 saturated heterocycles. The molecule has 2 N–H and O–H groups in total. The molecule has 1 heterocycles. The van der Waals surface area contributed by atoms with Gasteiger partial charge in [-0.25, -0.2) is 0 Å². The van der Waals surface area contributed by atoms with Gasteiger partial charge in [0.25, 0.3) is 0 Å². The van der Waals surface area contributed by atoms with Crippen LogP contribution in [0.25, 0.3) is 0 Å². The highest BCUT2D eigenvalue weighted by Gasteiger charge is 2.30. The highest BCUT2D eigenvalue weighted by atomic mass is 16.5. The Morgan fingerprint density at radius 3 is 2.57 bits per heavy atom. The Labute approximate surface area is 85.4 Å². The maximum atomic E-state index is 11.7. The standard InChI is InChI=1S/C10H20N2O2/c1-10(2,3)12-9(13)8-5-7(14-4)6-11-8/h7-8,11H,5-6H2,1-4H3,(H,12,13)/t7-,8+/m1/s1. The molecule has 0 bridgehead atoms. The van der Waals surface area contributed by atoms with Crippen LogP contribution in [0.4, 0.5) is 0 Å². The van der Waals surface area contributed by atoms with Crippen LogP contribution >= 0.6 is 0 Å². The molecule has 0 aromatic heterocycles. The zero-order chi connectivity index (χ0) is 10.8. The molecular formula is C10H20N2O2. The van der Waals surface area contributed by atoms with Gasteiger partial charge in [-0.2, -0.15) is 0 Å². The van der Waals surface area contributed by atoms with Crippen molar-refractivity contribution in [2.45, 2.75) is 44.9 Å². The summed E-state index contributed by atoms with van der Waals surface area (Å²) < 4.78 is 5.18. The van der Waals surface area contributed by atoms with Gasteiger partial charge in [0.1, 0.15) is 0 Å². The predicted molar refractivity (Wildman–Crippen MR) is 55.1 cm³/mol. The number of hydrogen-bond donors (Lipinski definition) is 2. The zero-order valence-corrected chi connectivity index (χ0v) is 9.39. The first-order chi connectivity index (χ1) is 6.42. The minimum atomic E-state index is -0.163. The van der Waals surface area contributed by atoms with Crippen molar-refractivity contribution in [3.05, 3.63) is 0 Å². The van der Waals surface area contributed by atoms with E-state index in [-0.39, 0.29) is 23.6 Å². The van der Waals surface area contributed by atoms with Crippen LogP contribution in [0.15, 0.2) is 0 Å². The van der Waals surface area contributed by atoms with Gasteiger partial charge in [-0.05, 0) is 27.2 Å². The van der Waals surface area contributed by atoms with Crippen LogP contribution in [0.3, 0.4) is 0 Å². The van der Waals surface area contributed by atoms with Crippen LogP contribution in [0.5, 0.6) is 0 Å². The molecule has 0 aromatic carbocycles. The van der Waals surface area contributed by atoms with E-state index < -0.39 is 0 Å². The third-order valence-electron chi connectivity index (χ3n) is 2.24. The molecule has 1 aliphatic heterocycles. The van der Waals surface area contributed by atoms with E-state index in [9.17, 15) is 4.79 Å². The van der Waals surface area contributed by atoms with Crippen molar-refractivity contribution in [2.75, 3.05) is 13.7 Å². The van der Waals surface area contributed by atoms with E-state index in [1.165, 1.54) is 0 Å². The summed E-state index contributed by atoms with van der Waals surface area (Å²) >= 11 is 0. The minimum Gasteiger partial charge on any atom is -0.380 e. The number of nitrogens with one attached hydrogen (secondary N) is 2. The lowest BCUT2D eigenvalue weighted by molar-refractivity contribution is -0.124. The van der Waals surface area contributed by atoms with Gasteiger partial charge in [0.15, 0.2) is 0 Å². The average molecular weight is 200 g/mol. The second-order valence-corrected chi connectivity index (χ2v) is 4.79. The highest BCUT2D eigenvalue weighted by Crippen LogP contribution is 2.10. The first-order valence-corrected chi connectivity index (χ1v) is 5.00. The van der Waals surface area contributed by atoms with Crippen LogP contribution in [0.2, 0.25) is 0 Å². The van der Waals surface area contributed by atoms with Crippen LogP contribution in [-0.2, 0) is 9.53 Å². The second-order valence-electron chi connectivity index (χ2n) is 4.79. The molecule has 4 heteroatoms. The number of amides is 1. The number of rotatable bonds is 2. The van der Waals surface area contributed by atoms with Gasteiger partial charge in [-0.15, -0.1) is 0 Å². The van der Waals surface area contributed by atoms with E-state index in [0.717, 1.165) is 13.0 Å². The molecule has 2 atom stereocenters. The first kappa shape index (κ1) is 11.5. The molecule has 1 aliphatic rings. The number of ether oxygens (including phenoxy) is 1. The Balaban J connectivity index is 2.40. The van der Waals surface area contributed by atoms with E-state index in [4.69, 9.17) is 4.74 Å². The molecule has 0 aromatic rings. The third-order valence-corrected chi connectivity index (χ3v) is 2.24. The van der Waals surface area contributed by atoms with E-state index in [0.29, 0.717) is 0 Å². The number of methoxy groups -OCH3 is 1. The van der Waals surface area contributed by atoms with Crippen molar-refractivity contribution in [1.29, 1.82) is 0 Å². The van der Waals surface area contributed by atoms with Gasteiger partial charge in [-0.3, -0.25) is 4.79 Å². The van der Waals surface area contributed by atoms with Crippen LogP contribution in [0.1, 0.15) is 27.2 Å². The van der Waals surface area contributed by atoms with Gasteiger partial charge in [-0.1, -0.05) is 0 Å². The molecule has 1 amide bonds. The fourth-order valence-corrected chi connectivity index (χ4v) is 1.54. The molecule has 1 rings (SSSR count). The molecule has 14 heavy (non-hydrogen) atoms. The summed E-state index contributed by atoms with van der Waals surface area (Å²) in [6.45, 7) is 6.70. The van der Waals surface area contributed by atoms with Crippen molar-refractivity contribution in [1.82, 2.24) is 10.6 Å². The normalized spacial score (nSPS) is 27.7. The maximum absolute atomic E-state index is 11.7. The fraction of sp³-hybridized carbons (Fsp3) is 0.900. The lowest BCUT2D eigenvalue weighted by atomic mass is 10.1. The summed E-state index contributed by atoms with van der Waals surface area (Å²) in [7, 11) is 1.68. The third kappa shape index (κ3) is 3.27. The van der Waals surface area contributed by atoms with Gasteiger partial charge in [0, 0.05) is 19.2 Å². The van der Waals surface area contributed by atoms with Gasteiger partial charge in [0.2, 0.25) is 5.91 Å². The summed E-state index contributed by atoms with van der Waals surface area (Å²) in [6, 6.07) is -0.0980. The maximum Gasteiger partial charge on any atom is 0.237 e. The molecule has 0 saturated carbocycles. The van der Waals surface area contributed by atoms with Crippen molar-refractivity contribution < 1.29 is 9.53 Å². The Kier molecular flexibility index (Phi) is 3.50. The Bertz CT molecular complexity index is 211. The van der Waals surface area contributed by atoms with Crippen molar-refractivity contribution in [2.24, 2.45) is 0 Å². The molecule has 1 fully saturated rings. The van der Waals surface area contributed by atoms with Crippen LogP contribution < -0.4 is 10.6 Å². The highest BCUT2D eigenvalue weighted by molar-refractivity contribution is 5.82. The quantitative estimate of drug-likeness (QED) is 0.673. The topological polar surface area (TPSA) is 50.4 Å². The van der Waals surface area contributed by atoms with Crippen molar-refractivity contribution >= 4 is 5.91 Å². The predicted octanol–water partition coefficient (Wildman–Crippen LogP) is 0.278. The second kappa shape index (κ2) is 4.28. The summed E-state index contributed by atoms with van der Waals surface area (Å²) in [5.74, 6) is 0.0667. The van der Waals surface area contributed by atoms with E-state index in [2.05, 4.69) is 10.6 Å². The van der Waals surface area contributed by atoms with Gasteiger partial charge in [0.05, 0.1) is 12.1 Å². The number of carbonyl (C=O) groups is 1. The SMILES string of the molecule is CO[C@H]1CN[C@H](C(=O)NC(C)(C)C)C1. The first-order valence-electron chi connectivity index (χ1n) is 5.00. The van der Waals surface area contributed by atoms with Crippen molar-refractivity contribution in [3.63, 3.8) is 0 Å². The Hall–Kier alpha value is -0.610. The van der Waals surface area contributed by atoms with Crippen molar-refractivity contribution in [3.8, 4) is 0 Å². The molecule has 0 spiro atoms.